The zero-order valence-electron chi connectivity index (χ0n) is 10.4. The number of hydrogen-bond acceptors (Lipinski definition) is 4. The van der Waals surface area contributed by atoms with Gasteiger partial charge in [0.15, 0.2) is 0 Å². The zero-order valence-corrected chi connectivity index (χ0v) is 12.0. The lowest BCUT2D eigenvalue weighted by molar-refractivity contribution is 0.537. The molecule has 1 N–H and O–H groups in total. The minimum Gasteiger partial charge on any atom is -0.768 e. The van der Waals surface area contributed by atoms with Crippen LogP contribution in [-0.4, -0.2) is 17.2 Å². The molecular formula is C13H12NO4S2-. The smallest absolute Gasteiger partial charge is 0.240 e. The minimum atomic E-state index is -3.56. The van der Waals surface area contributed by atoms with Crippen LogP contribution in [0.15, 0.2) is 64.4 Å². The molecule has 0 saturated heterocycles. The first-order chi connectivity index (χ1) is 9.49. The molecule has 0 aliphatic carbocycles. The highest BCUT2D eigenvalue weighted by molar-refractivity contribution is 7.89. The Hall–Kier alpha value is -1.54. The van der Waals surface area contributed by atoms with Crippen molar-refractivity contribution in [2.24, 2.45) is 0 Å². The number of hydrogen-bond donors (Lipinski definition) is 1. The van der Waals surface area contributed by atoms with Crippen LogP contribution < -0.4 is 4.72 Å². The molecule has 0 aromatic heterocycles. The maximum Gasteiger partial charge on any atom is 0.240 e. The van der Waals surface area contributed by atoms with Gasteiger partial charge in [0, 0.05) is 11.4 Å². The summed E-state index contributed by atoms with van der Waals surface area (Å²) < 4.78 is 47.8. The molecule has 2 aromatic rings. The number of nitrogens with one attached hydrogen (secondary N) is 1. The van der Waals surface area contributed by atoms with Crippen molar-refractivity contribution in [3.8, 4) is 0 Å². The van der Waals surface area contributed by atoms with Gasteiger partial charge in [0.05, 0.1) is 4.90 Å². The Kier molecular flexibility index (Phi) is 4.66. The molecule has 0 heterocycles. The Balaban J connectivity index is 2.07. The fourth-order valence-corrected chi connectivity index (χ4v) is 2.98. The zero-order chi connectivity index (χ0) is 14.6. The SMILES string of the molecule is O=S([O-])c1ccc(CNS(=O)(=O)c2ccccc2)cc1. The van der Waals surface area contributed by atoms with Gasteiger partial charge in [-0.15, -0.1) is 0 Å². The Morgan fingerprint density at radius 1 is 1.00 bits per heavy atom. The van der Waals surface area contributed by atoms with E-state index in [0.29, 0.717) is 5.56 Å². The first kappa shape index (κ1) is 14.9. The molecule has 0 aliphatic heterocycles. The Morgan fingerprint density at radius 3 is 2.15 bits per heavy atom. The first-order valence-corrected chi connectivity index (χ1v) is 8.28. The molecule has 20 heavy (non-hydrogen) atoms. The van der Waals surface area contributed by atoms with E-state index in [-0.39, 0.29) is 16.3 Å². The van der Waals surface area contributed by atoms with E-state index in [2.05, 4.69) is 4.72 Å². The van der Waals surface area contributed by atoms with Crippen molar-refractivity contribution in [3.63, 3.8) is 0 Å². The second-order valence-electron chi connectivity index (χ2n) is 4.02. The van der Waals surface area contributed by atoms with Crippen LogP contribution in [0.25, 0.3) is 0 Å². The molecule has 0 saturated carbocycles. The largest absolute Gasteiger partial charge is 0.768 e. The number of benzene rings is 2. The minimum absolute atomic E-state index is 0.100. The average molecular weight is 310 g/mol. The van der Waals surface area contributed by atoms with Crippen LogP contribution in [0.3, 0.4) is 0 Å². The van der Waals surface area contributed by atoms with Gasteiger partial charge in [0.2, 0.25) is 10.0 Å². The van der Waals surface area contributed by atoms with Crippen molar-refractivity contribution < 1.29 is 17.2 Å². The van der Waals surface area contributed by atoms with Crippen LogP contribution in [0.5, 0.6) is 0 Å². The van der Waals surface area contributed by atoms with Gasteiger partial charge in [-0.1, -0.05) is 30.3 Å². The van der Waals surface area contributed by atoms with Crippen molar-refractivity contribution in [3.05, 3.63) is 60.2 Å². The van der Waals surface area contributed by atoms with Crippen molar-refractivity contribution >= 4 is 21.1 Å². The highest BCUT2D eigenvalue weighted by Crippen LogP contribution is 2.10. The van der Waals surface area contributed by atoms with Gasteiger partial charge >= 0.3 is 0 Å². The summed E-state index contributed by atoms with van der Waals surface area (Å²) in [5, 5.41) is 0. The predicted molar refractivity (Wildman–Crippen MR) is 74.1 cm³/mol. The molecule has 0 aliphatic rings. The normalized spacial score (nSPS) is 13.1. The van der Waals surface area contributed by atoms with Crippen molar-refractivity contribution in [1.82, 2.24) is 4.72 Å². The molecule has 5 nitrogen and oxygen atoms in total. The summed E-state index contributed by atoms with van der Waals surface area (Å²) in [4.78, 5) is 0.358. The highest BCUT2D eigenvalue weighted by Gasteiger charge is 2.12. The summed E-state index contributed by atoms with van der Waals surface area (Å²) in [6, 6.07) is 14.0. The third-order valence-corrected chi connectivity index (χ3v) is 4.71. The van der Waals surface area contributed by atoms with Crippen LogP contribution in [-0.2, 0) is 27.6 Å². The lowest BCUT2D eigenvalue weighted by Crippen LogP contribution is -2.23. The van der Waals surface area contributed by atoms with Gasteiger partial charge in [-0.2, -0.15) is 0 Å². The fourth-order valence-electron chi connectivity index (χ4n) is 1.58. The Labute approximate surface area is 120 Å². The van der Waals surface area contributed by atoms with Crippen molar-refractivity contribution in [2.75, 3.05) is 0 Å². The number of rotatable bonds is 5. The first-order valence-electron chi connectivity index (χ1n) is 5.72. The molecule has 7 heteroatoms. The van der Waals surface area contributed by atoms with Gasteiger partial charge in [-0.25, -0.2) is 13.1 Å². The number of sulfonamides is 1. The monoisotopic (exact) mass is 310 g/mol. The lowest BCUT2D eigenvalue weighted by Gasteiger charge is -2.08. The third-order valence-electron chi connectivity index (χ3n) is 2.64. The van der Waals surface area contributed by atoms with E-state index >= 15 is 0 Å². The van der Waals surface area contributed by atoms with Gasteiger partial charge < -0.3 is 4.55 Å². The summed E-state index contributed by atoms with van der Waals surface area (Å²) in [5.74, 6) is 0. The molecule has 0 bridgehead atoms. The third kappa shape index (κ3) is 3.73. The van der Waals surface area contributed by atoms with E-state index < -0.39 is 21.1 Å². The Bertz CT molecular complexity index is 697. The molecule has 0 fully saturated rings. The molecule has 0 amide bonds. The second kappa shape index (κ2) is 6.27. The molecule has 106 valence electrons. The van der Waals surface area contributed by atoms with E-state index in [9.17, 15) is 17.2 Å². The summed E-state index contributed by atoms with van der Waals surface area (Å²) in [6.45, 7) is 0.100. The van der Waals surface area contributed by atoms with Crippen LogP contribution >= 0.6 is 0 Å². The molecule has 2 aromatic carbocycles. The maximum absolute atomic E-state index is 12.0. The molecule has 0 radical (unpaired) electrons. The molecular weight excluding hydrogens is 298 g/mol. The van der Waals surface area contributed by atoms with Crippen molar-refractivity contribution in [1.29, 1.82) is 0 Å². The van der Waals surface area contributed by atoms with Crippen LogP contribution in [0.4, 0.5) is 0 Å². The quantitative estimate of drug-likeness (QED) is 0.846. The predicted octanol–water partition coefficient (Wildman–Crippen LogP) is 1.40. The van der Waals surface area contributed by atoms with Gasteiger partial charge in [-0.05, 0) is 40.9 Å². The molecule has 1 unspecified atom stereocenters. The summed E-state index contributed by atoms with van der Waals surface area (Å²) in [5.41, 5.74) is 0.679. The van der Waals surface area contributed by atoms with Crippen LogP contribution in [0, 0.1) is 0 Å². The van der Waals surface area contributed by atoms with Gasteiger partial charge in [0.25, 0.3) is 0 Å². The molecule has 0 spiro atoms. The maximum atomic E-state index is 12.0. The lowest BCUT2D eigenvalue weighted by atomic mass is 10.2. The topological polar surface area (TPSA) is 86.3 Å². The van der Waals surface area contributed by atoms with E-state index in [0.717, 1.165) is 0 Å². The van der Waals surface area contributed by atoms with Gasteiger partial charge in [-0.3, -0.25) is 4.21 Å². The molecule has 2 rings (SSSR count). The second-order valence-corrected chi connectivity index (χ2v) is 6.72. The molecule has 1 atom stereocenters. The fraction of sp³-hybridized carbons (Fsp3) is 0.0769. The van der Waals surface area contributed by atoms with E-state index in [1.807, 2.05) is 0 Å². The average Bonchev–Trinajstić information content (AvgIpc) is 2.46. The van der Waals surface area contributed by atoms with Crippen LogP contribution in [0.1, 0.15) is 5.56 Å². The van der Waals surface area contributed by atoms with Gasteiger partial charge in [0.1, 0.15) is 0 Å². The van der Waals surface area contributed by atoms with E-state index in [1.165, 1.54) is 24.3 Å². The standard InChI is InChI=1S/C13H13NO4S2/c15-19(16)12-8-6-11(7-9-12)10-14-20(17,18)13-4-2-1-3-5-13/h1-9,14H,10H2,(H,15,16)/p-1. The summed E-state index contributed by atoms with van der Waals surface area (Å²) in [7, 11) is -3.56. The van der Waals surface area contributed by atoms with Crippen molar-refractivity contribution in [2.45, 2.75) is 16.3 Å². The van der Waals surface area contributed by atoms with E-state index in [1.54, 1.807) is 30.3 Å². The van der Waals surface area contributed by atoms with E-state index in [4.69, 9.17) is 0 Å². The highest BCUT2D eigenvalue weighted by atomic mass is 32.2. The Morgan fingerprint density at radius 2 is 1.60 bits per heavy atom. The van der Waals surface area contributed by atoms with Crippen LogP contribution in [0.2, 0.25) is 0 Å². The summed E-state index contributed by atoms with van der Waals surface area (Å²) >= 11 is -2.28. The summed E-state index contributed by atoms with van der Waals surface area (Å²) in [6.07, 6.45) is 0.